The third-order valence-corrected chi connectivity index (χ3v) is 6.83. The molecule has 0 aliphatic rings. The Labute approximate surface area is 246 Å². The van der Waals surface area contributed by atoms with Crippen LogP contribution in [-0.4, -0.2) is 49.4 Å². The average molecular weight is 565 g/mol. The number of aromatic nitrogens is 1. The Morgan fingerprint density at radius 1 is 0.929 bits per heavy atom. The number of benzene rings is 3. The number of carbonyl (C=O) groups is 2. The predicted octanol–water partition coefficient (Wildman–Crippen LogP) is 5.55. The molecule has 4 aromatic rings. The lowest BCUT2D eigenvalue weighted by atomic mass is 10.1. The molecule has 0 atom stereocenters. The fourth-order valence-electron chi connectivity index (χ4n) is 4.50. The molecular weight excluding hydrogens is 528 g/mol. The summed E-state index contributed by atoms with van der Waals surface area (Å²) in [6.45, 7) is 8.76. The molecule has 216 valence electrons. The van der Waals surface area contributed by atoms with Crippen LogP contribution in [0.1, 0.15) is 48.4 Å². The van der Waals surface area contributed by atoms with Crippen molar-refractivity contribution in [1.29, 1.82) is 0 Å². The van der Waals surface area contributed by atoms with Crippen LogP contribution < -0.4 is 24.6 Å². The van der Waals surface area contributed by atoms with Gasteiger partial charge in [0.25, 0.3) is 5.91 Å². The van der Waals surface area contributed by atoms with E-state index in [1.807, 2.05) is 38.1 Å². The zero-order chi connectivity index (χ0) is 30.2. The number of rotatable bonds is 10. The van der Waals surface area contributed by atoms with E-state index in [9.17, 15) is 9.59 Å². The van der Waals surface area contributed by atoms with Gasteiger partial charge in [0, 0.05) is 30.3 Å². The summed E-state index contributed by atoms with van der Waals surface area (Å²) >= 11 is 0. The number of methoxy groups -OCH3 is 1. The number of carbonyl (C=O) groups excluding carboxylic acids is 2. The summed E-state index contributed by atoms with van der Waals surface area (Å²) in [6.07, 6.45) is 4.44. The standard InChI is InChI=1S/C35H36N2O5/c1-23(2)27-13-9-7-11-25(27)19-32(24(3)4)42-31-15-16-36-30-21-34(33(40-6)20-29(30)31)41-18-17-37(5)35(39)28-14-10-8-12-26(28)22-38/h7-16,19-22H,17-18H2,1-6H3/b25-19-. The number of nitrogens with zero attached hydrogens (tertiary/aromatic N) is 2. The molecule has 1 heterocycles. The Bertz CT molecular complexity index is 1770. The molecule has 0 spiro atoms. The van der Waals surface area contributed by atoms with Gasteiger partial charge in [0.15, 0.2) is 17.8 Å². The van der Waals surface area contributed by atoms with Crippen LogP contribution >= 0.6 is 0 Å². The molecule has 0 aliphatic carbocycles. The lowest BCUT2D eigenvalue weighted by molar-refractivity contribution is 0.0770. The van der Waals surface area contributed by atoms with Crippen LogP contribution in [0, 0.1) is 0 Å². The van der Waals surface area contributed by atoms with Crippen molar-refractivity contribution < 1.29 is 23.8 Å². The molecule has 0 saturated carbocycles. The predicted molar refractivity (Wildman–Crippen MR) is 166 cm³/mol. The summed E-state index contributed by atoms with van der Waals surface area (Å²) < 4.78 is 18.2. The topological polar surface area (TPSA) is 78.0 Å². The van der Waals surface area contributed by atoms with Crippen molar-refractivity contribution in [3.8, 4) is 17.2 Å². The third kappa shape index (κ3) is 6.86. The first-order valence-corrected chi connectivity index (χ1v) is 13.7. The van der Waals surface area contributed by atoms with Gasteiger partial charge >= 0.3 is 0 Å². The van der Waals surface area contributed by atoms with Crippen molar-refractivity contribution in [2.24, 2.45) is 0 Å². The van der Waals surface area contributed by atoms with Crippen LogP contribution in [0.2, 0.25) is 0 Å². The molecule has 7 nitrogen and oxygen atoms in total. The second-order valence-corrected chi connectivity index (χ2v) is 10.3. The van der Waals surface area contributed by atoms with E-state index in [2.05, 4.69) is 37.0 Å². The molecule has 0 bridgehead atoms. The van der Waals surface area contributed by atoms with Gasteiger partial charge in [-0.25, -0.2) is 0 Å². The summed E-state index contributed by atoms with van der Waals surface area (Å²) in [5, 5.41) is 3.03. The summed E-state index contributed by atoms with van der Waals surface area (Å²) in [5.74, 6) is 2.16. The molecule has 4 rings (SSSR count). The minimum Gasteiger partial charge on any atom is -0.493 e. The van der Waals surface area contributed by atoms with Gasteiger partial charge in [0.1, 0.15) is 18.1 Å². The first kappa shape index (κ1) is 30.1. The molecule has 1 aromatic heterocycles. The van der Waals surface area contributed by atoms with Gasteiger partial charge in [-0.2, -0.15) is 0 Å². The molecule has 0 aliphatic heterocycles. The Balaban J connectivity index is 1.57. The van der Waals surface area contributed by atoms with Gasteiger partial charge < -0.3 is 19.1 Å². The van der Waals surface area contributed by atoms with E-state index in [0.29, 0.717) is 46.7 Å². The molecule has 7 heteroatoms. The second kappa shape index (κ2) is 13.6. The molecule has 0 N–H and O–H groups in total. The van der Waals surface area contributed by atoms with Gasteiger partial charge in [-0.05, 0) is 68.0 Å². The van der Waals surface area contributed by atoms with E-state index in [1.54, 1.807) is 50.7 Å². The smallest absolute Gasteiger partial charge is 0.254 e. The van der Waals surface area contributed by atoms with Crippen LogP contribution in [0.25, 0.3) is 22.6 Å². The highest BCUT2D eigenvalue weighted by Crippen LogP contribution is 2.36. The van der Waals surface area contributed by atoms with Crippen LogP contribution in [0.3, 0.4) is 0 Å². The van der Waals surface area contributed by atoms with E-state index >= 15 is 0 Å². The molecule has 1 amide bonds. The van der Waals surface area contributed by atoms with Gasteiger partial charge in [0.2, 0.25) is 0 Å². The van der Waals surface area contributed by atoms with Crippen LogP contribution in [0.15, 0.2) is 84.3 Å². The second-order valence-electron chi connectivity index (χ2n) is 10.3. The van der Waals surface area contributed by atoms with Gasteiger partial charge in [0.05, 0.1) is 24.7 Å². The van der Waals surface area contributed by atoms with Crippen molar-refractivity contribution in [2.75, 3.05) is 27.3 Å². The highest BCUT2D eigenvalue weighted by Gasteiger charge is 2.17. The number of allylic oxidation sites excluding steroid dienone is 2. The Morgan fingerprint density at radius 3 is 2.38 bits per heavy atom. The maximum Gasteiger partial charge on any atom is 0.254 e. The van der Waals surface area contributed by atoms with E-state index in [4.69, 9.17) is 14.2 Å². The average Bonchev–Trinajstić information content (AvgIpc) is 3.00. The van der Waals surface area contributed by atoms with E-state index < -0.39 is 0 Å². The molecule has 42 heavy (non-hydrogen) atoms. The molecule has 0 radical (unpaired) electrons. The van der Waals surface area contributed by atoms with Crippen molar-refractivity contribution in [3.05, 3.63) is 106 Å². The quantitative estimate of drug-likeness (QED) is 0.186. The van der Waals surface area contributed by atoms with Crippen LogP contribution in [0.5, 0.6) is 17.2 Å². The van der Waals surface area contributed by atoms with Gasteiger partial charge in [-0.15, -0.1) is 0 Å². The SMILES string of the molecule is COc1cc2c(OC(/C=c3/ccccc3=C(C)C)=C(C)C)ccnc2cc1OCCN(C)C(=O)c1ccccc1C=O. The summed E-state index contributed by atoms with van der Waals surface area (Å²) in [6, 6.07) is 20.5. The Kier molecular flexibility index (Phi) is 9.76. The monoisotopic (exact) mass is 564 g/mol. The number of amides is 1. The normalized spacial score (nSPS) is 11.1. The molecule has 0 saturated heterocycles. The number of pyridine rings is 1. The summed E-state index contributed by atoms with van der Waals surface area (Å²) in [7, 11) is 3.25. The highest BCUT2D eigenvalue weighted by atomic mass is 16.5. The van der Waals surface area contributed by atoms with E-state index in [1.165, 1.54) is 15.7 Å². The number of fused-ring (bicyclic) bond motifs is 1. The number of hydrogen-bond donors (Lipinski definition) is 0. The zero-order valence-corrected chi connectivity index (χ0v) is 24.9. The third-order valence-electron chi connectivity index (χ3n) is 6.83. The first-order valence-electron chi connectivity index (χ1n) is 13.7. The maximum absolute atomic E-state index is 12.9. The number of aldehydes is 1. The molecule has 0 unspecified atom stereocenters. The van der Waals surface area contributed by atoms with Crippen molar-refractivity contribution in [1.82, 2.24) is 9.88 Å². The Morgan fingerprint density at radius 2 is 1.67 bits per heavy atom. The number of likely N-dealkylation sites (N-methyl/N-ethyl adjacent to an activating group) is 1. The summed E-state index contributed by atoms with van der Waals surface area (Å²) in [5.41, 5.74) is 3.65. The molecule has 0 fully saturated rings. The zero-order valence-electron chi connectivity index (χ0n) is 24.9. The van der Waals surface area contributed by atoms with Crippen molar-refractivity contribution in [2.45, 2.75) is 27.7 Å². The fraction of sp³-hybridized carbons (Fsp3) is 0.229. The highest BCUT2D eigenvalue weighted by molar-refractivity contribution is 6.01. The molecule has 3 aromatic carbocycles. The van der Waals surface area contributed by atoms with E-state index in [0.717, 1.165) is 21.9 Å². The lowest BCUT2D eigenvalue weighted by Crippen LogP contribution is -2.31. The van der Waals surface area contributed by atoms with Crippen LogP contribution in [0.4, 0.5) is 0 Å². The van der Waals surface area contributed by atoms with E-state index in [-0.39, 0.29) is 12.5 Å². The van der Waals surface area contributed by atoms with Gasteiger partial charge in [-0.1, -0.05) is 48.0 Å². The number of hydrogen-bond acceptors (Lipinski definition) is 6. The van der Waals surface area contributed by atoms with Gasteiger partial charge in [-0.3, -0.25) is 14.6 Å². The van der Waals surface area contributed by atoms with Crippen molar-refractivity contribution >= 4 is 34.7 Å². The minimum absolute atomic E-state index is 0.216. The maximum atomic E-state index is 12.9. The number of ether oxygens (including phenoxy) is 3. The summed E-state index contributed by atoms with van der Waals surface area (Å²) in [4.78, 5) is 30.3. The van der Waals surface area contributed by atoms with Crippen molar-refractivity contribution in [3.63, 3.8) is 0 Å². The Hall–Kier alpha value is -4.91. The largest absolute Gasteiger partial charge is 0.493 e. The molecular formula is C35H36N2O5. The minimum atomic E-state index is -0.253. The fourth-order valence-corrected chi connectivity index (χ4v) is 4.50. The van der Waals surface area contributed by atoms with Crippen LogP contribution in [-0.2, 0) is 0 Å². The lowest BCUT2D eigenvalue weighted by Gasteiger charge is -2.19. The first-order chi connectivity index (χ1) is 20.2.